The van der Waals surface area contributed by atoms with Gasteiger partial charge in [0.1, 0.15) is 5.82 Å². The van der Waals surface area contributed by atoms with E-state index in [2.05, 4.69) is 32.6 Å². The van der Waals surface area contributed by atoms with E-state index in [1.54, 1.807) is 12.1 Å². The van der Waals surface area contributed by atoms with Gasteiger partial charge in [-0.3, -0.25) is 4.90 Å². The molecule has 0 amide bonds. The summed E-state index contributed by atoms with van der Waals surface area (Å²) in [6.45, 7) is 11.5. The van der Waals surface area contributed by atoms with Crippen LogP contribution in [-0.2, 0) is 6.42 Å². The zero-order chi connectivity index (χ0) is 14.1. The second-order valence-electron chi connectivity index (χ2n) is 7.00. The van der Waals surface area contributed by atoms with E-state index in [1.165, 1.54) is 24.9 Å². The summed E-state index contributed by atoms with van der Waals surface area (Å²) in [5.41, 5.74) is 1.88. The molecule has 1 aliphatic heterocycles. The molecule has 1 heterocycles. The molecule has 1 aromatic carbocycles. The maximum atomic E-state index is 13.0. The second-order valence-corrected chi connectivity index (χ2v) is 7.00. The first-order valence-electron chi connectivity index (χ1n) is 7.34. The standard InChI is InChI=1S/C17H26FN/c1-5-17(10-11-19(13-17)16(2,3)4)12-14-6-8-15(18)9-7-14/h6-9H,5,10-13H2,1-4H3. The predicted molar refractivity (Wildman–Crippen MR) is 78.8 cm³/mol. The molecule has 0 bridgehead atoms. The number of hydrogen-bond donors (Lipinski definition) is 0. The van der Waals surface area contributed by atoms with Crippen LogP contribution >= 0.6 is 0 Å². The van der Waals surface area contributed by atoms with Crippen molar-refractivity contribution in [3.63, 3.8) is 0 Å². The van der Waals surface area contributed by atoms with Crippen molar-refractivity contribution in [3.05, 3.63) is 35.6 Å². The molecule has 0 aliphatic carbocycles. The van der Waals surface area contributed by atoms with Crippen LogP contribution < -0.4 is 0 Å². The summed E-state index contributed by atoms with van der Waals surface area (Å²) < 4.78 is 13.0. The monoisotopic (exact) mass is 263 g/mol. The van der Waals surface area contributed by atoms with Crippen LogP contribution in [0.5, 0.6) is 0 Å². The van der Waals surface area contributed by atoms with E-state index in [9.17, 15) is 4.39 Å². The Morgan fingerprint density at radius 3 is 2.32 bits per heavy atom. The molecule has 1 fully saturated rings. The van der Waals surface area contributed by atoms with Crippen molar-refractivity contribution in [1.82, 2.24) is 4.90 Å². The fraction of sp³-hybridized carbons (Fsp3) is 0.647. The fourth-order valence-corrected chi connectivity index (χ4v) is 3.10. The van der Waals surface area contributed by atoms with Crippen molar-refractivity contribution in [2.45, 2.75) is 52.5 Å². The minimum absolute atomic E-state index is 0.142. The van der Waals surface area contributed by atoms with Crippen LogP contribution in [-0.4, -0.2) is 23.5 Å². The van der Waals surface area contributed by atoms with Gasteiger partial charge in [0.05, 0.1) is 0 Å². The van der Waals surface area contributed by atoms with Crippen LogP contribution in [0, 0.1) is 11.2 Å². The third-order valence-electron chi connectivity index (χ3n) is 4.63. The molecule has 1 nitrogen and oxygen atoms in total. The maximum Gasteiger partial charge on any atom is 0.123 e. The Morgan fingerprint density at radius 2 is 1.84 bits per heavy atom. The molecule has 0 saturated carbocycles. The van der Waals surface area contributed by atoms with Crippen molar-refractivity contribution in [2.24, 2.45) is 5.41 Å². The normalized spacial score (nSPS) is 24.9. The van der Waals surface area contributed by atoms with Gasteiger partial charge in [-0.2, -0.15) is 0 Å². The van der Waals surface area contributed by atoms with E-state index in [0.29, 0.717) is 5.41 Å². The quantitative estimate of drug-likeness (QED) is 0.787. The summed E-state index contributed by atoms with van der Waals surface area (Å²) in [5, 5.41) is 0. The maximum absolute atomic E-state index is 13.0. The summed E-state index contributed by atoms with van der Waals surface area (Å²) in [5.74, 6) is -0.142. The smallest absolute Gasteiger partial charge is 0.123 e. The van der Waals surface area contributed by atoms with Crippen LogP contribution in [0.1, 0.15) is 46.1 Å². The van der Waals surface area contributed by atoms with Crippen molar-refractivity contribution in [3.8, 4) is 0 Å². The minimum atomic E-state index is -0.142. The van der Waals surface area contributed by atoms with Gasteiger partial charge in [0.25, 0.3) is 0 Å². The number of hydrogen-bond acceptors (Lipinski definition) is 1. The van der Waals surface area contributed by atoms with Gasteiger partial charge in [-0.05, 0) is 69.7 Å². The van der Waals surface area contributed by atoms with Gasteiger partial charge in [-0.15, -0.1) is 0 Å². The van der Waals surface area contributed by atoms with Gasteiger partial charge >= 0.3 is 0 Å². The Bertz CT molecular complexity index is 418. The van der Waals surface area contributed by atoms with E-state index >= 15 is 0 Å². The summed E-state index contributed by atoms with van der Waals surface area (Å²) in [6, 6.07) is 7.03. The van der Waals surface area contributed by atoms with Crippen LogP contribution in [0.2, 0.25) is 0 Å². The van der Waals surface area contributed by atoms with Crippen LogP contribution in [0.15, 0.2) is 24.3 Å². The Morgan fingerprint density at radius 1 is 1.21 bits per heavy atom. The first-order chi connectivity index (χ1) is 8.85. The molecule has 106 valence electrons. The van der Waals surface area contributed by atoms with Gasteiger partial charge in [0.15, 0.2) is 0 Å². The van der Waals surface area contributed by atoms with E-state index < -0.39 is 0 Å². The molecule has 19 heavy (non-hydrogen) atoms. The van der Waals surface area contributed by atoms with Crippen molar-refractivity contribution in [1.29, 1.82) is 0 Å². The summed E-state index contributed by atoms with van der Waals surface area (Å²) in [4.78, 5) is 2.58. The van der Waals surface area contributed by atoms with E-state index in [4.69, 9.17) is 0 Å². The van der Waals surface area contributed by atoms with Gasteiger partial charge in [0.2, 0.25) is 0 Å². The highest BCUT2D eigenvalue weighted by Crippen LogP contribution is 2.39. The molecule has 1 unspecified atom stereocenters. The molecule has 2 rings (SSSR count). The molecule has 0 aromatic heterocycles. The lowest BCUT2D eigenvalue weighted by Crippen LogP contribution is -2.41. The Labute approximate surface area is 116 Å². The summed E-state index contributed by atoms with van der Waals surface area (Å²) in [7, 11) is 0. The van der Waals surface area contributed by atoms with E-state index in [0.717, 1.165) is 13.0 Å². The second kappa shape index (κ2) is 5.24. The van der Waals surface area contributed by atoms with Crippen molar-refractivity contribution in [2.75, 3.05) is 13.1 Å². The van der Waals surface area contributed by atoms with Crippen molar-refractivity contribution >= 4 is 0 Å². The molecular weight excluding hydrogens is 237 g/mol. The topological polar surface area (TPSA) is 3.24 Å². The Kier molecular flexibility index (Phi) is 4.00. The highest BCUT2D eigenvalue weighted by molar-refractivity contribution is 5.18. The number of benzene rings is 1. The lowest BCUT2D eigenvalue weighted by atomic mass is 9.78. The third kappa shape index (κ3) is 3.36. The number of halogens is 1. The van der Waals surface area contributed by atoms with E-state index in [1.807, 2.05) is 12.1 Å². The first kappa shape index (κ1) is 14.5. The summed E-state index contributed by atoms with van der Waals surface area (Å²) >= 11 is 0. The zero-order valence-electron chi connectivity index (χ0n) is 12.7. The molecule has 1 aliphatic rings. The highest BCUT2D eigenvalue weighted by Gasteiger charge is 2.40. The van der Waals surface area contributed by atoms with Crippen molar-refractivity contribution < 1.29 is 4.39 Å². The summed E-state index contributed by atoms with van der Waals surface area (Å²) in [6.07, 6.45) is 3.51. The average molecular weight is 263 g/mol. The average Bonchev–Trinajstić information content (AvgIpc) is 2.77. The van der Waals surface area contributed by atoms with Crippen LogP contribution in [0.25, 0.3) is 0 Å². The SMILES string of the molecule is CCC1(Cc2ccc(F)cc2)CCN(C(C)(C)C)C1. The van der Waals surface area contributed by atoms with Gasteiger partial charge < -0.3 is 0 Å². The van der Waals surface area contributed by atoms with Gasteiger partial charge in [-0.25, -0.2) is 4.39 Å². The molecule has 1 saturated heterocycles. The molecule has 2 heteroatoms. The molecule has 0 N–H and O–H groups in total. The molecule has 0 spiro atoms. The van der Waals surface area contributed by atoms with E-state index in [-0.39, 0.29) is 11.4 Å². The number of rotatable bonds is 3. The first-order valence-corrected chi connectivity index (χ1v) is 7.34. The molecular formula is C17H26FN. The molecule has 0 radical (unpaired) electrons. The number of likely N-dealkylation sites (tertiary alicyclic amines) is 1. The Balaban J connectivity index is 2.10. The highest BCUT2D eigenvalue weighted by atomic mass is 19.1. The molecule has 1 aromatic rings. The van der Waals surface area contributed by atoms with Gasteiger partial charge in [-0.1, -0.05) is 19.1 Å². The number of nitrogens with zero attached hydrogens (tertiary/aromatic N) is 1. The predicted octanol–water partition coefficient (Wildman–Crippen LogP) is 4.27. The Hall–Kier alpha value is -0.890. The zero-order valence-corrected chi connectivity index (χ0v) is 12.7. The minimum Gasteiger partial charge on any atom is -0.298 e. The third-order valence-corrected chi connectivity index (χ3v) is 4.63. The van der Waals surface area contributed by atoms with Gasteiger partial charge in [0, 0.05) is 12.1 Å². The molecule has 1 atom stereocenters. The largest absolute Gasteiger partial charge is 0.298 e. The lowest BCUT2D eigenvalue weighted by molar-refractivity contribution is 0.145. The lowest BCUT2D eigenvalue weighted by Gasteiger charge is -2.35. The van der Waals surface area contributed by atoms with Crippen LogP contribution in [0.4, 0.5) is 4.39 Å². The van der Waals surface area contributed by atoms with Crippen LogP contribution in [0.3, 0.4) is 0 Å². The fourth-order valence-electron chi connectivity index (χ4n) is 3.10.